The molecule has 0 saturated heterocycles. The molecule has 5 heteroatoms. The van der Waals surface area contributed by atoms with Crippen LogP contribution in [-0.2, 0) is 0 Å². The number of benzene rings is 1. The van der Waals surface area contributed by atoms with E-state index in [1.165, 1.54) is 0 Å². The monoisotopic (exact) mass is 233 g/mol. The standard InChI is InChI=1S/C12H15N3O2/c1-12(2,17)7-13-11(16)8-3-4-9-6-14-15-10(9)5-8/h3-6,17H,7H2,1-2H3,(H,13,16)(H,14,15). The highest BCUT2D eigenvalue weighted by Crippen LogP contribution is 2.12. The summed E-state index contributed by atoms with van der Waals surface area (Å²) in [5, 5.41) is 19.9. The minimum atomic E-state index is -0.909. The Morgan fingerprint density at radius 3 is 3.00 bits per heavy atom. The van der Waals surface area contributed by atoms with Crippen LogP contribution in [0.3, 0.4) is 0 Å². The predicted octanol–water partition coefficient (Wildman–Crippen LogP) is 1.06. The Bertz CT molecular complexity index is 540. The molecule has 0 radical (unpaired) electrons. The molecule has 3 N–H and O–H groups in total. The second kappa shape index (κ2) is 4.18. The van der Waals surface area contributed by atoms with E-state index in [4.69, 9.17) is 0 Å². The van der Waals surface area contributed by atoms with Gasteiger partial charge in [-0.05, 0) is 26.0 Å². The molecule has 90 valence electrons. The first-order valence-electron chi connectivity index (χ1n) is 5.39. The molecule has 0 aliphatic carbocycles. The van der Waals surface area contributed by atoms with Crippen molar-refractivity contribution in [3.8, 4) is 0 Å². The highest BCUT2D eigenvalue weighted by Gasteiger charge is 2.15. The van der Waals surface area contributed by atoms with Gasteiger partial charge < -0.3 is 10.4 Å². The average Bonchev–Trinajstić information content (AvgIpc) is 2.71. The lowest BCUT2D eigenvalue weighted by molar-refractivity contribution is 0.0694. The van der Waals surface area contributed by atoms with Gasteiger partial charge in [-0.25, -0.2) is 0 Å². The van der Waals surface area contributed by atoms with E-state index in [-0.39, 0.29) is 12.5 Å². The maximum Gasteiger partial charge on any atom is 0.251 e. The molecule has 1 heterocycles. The molecule has 1 amide bonds. The Balaban J connectivity index is 2.13. The van der Waals surface area contributed by atoms with Crippen LogP contribution in [0.4, 0.5) is 0 Å². The summed E-state index contributed by atoms with van der Waals surface area (Å²) in [6.07, 6.45) is 1.70. The summed E-state index contributed by atoms with van der Waals surface area (Å²) in [5.41, 5.74) is 0.459. The van der Waals surface area contributed by atoms with E-state index in [0.29, 0.717) is 5.56 Å². The number of nitrogens with one attached hydrogen (secondary N) is 2. The quantitative estimate of drug-likeness (QED) is 0.741. The zero-order valence-electron chi connectivity index (χ0n) is 9.82. The number of rotatable bonds is 3. The third kappa shape index (κ3) is 2.82. The van der Waals surface area contributed by atoms with Crippen molar-refractivity contribution >= 4 is 16.8 Å². The molecule has 2 rings (SSSR count). The van der Waals surface area contributed by atoms with Gasteiger partial charge in [-0.2, -0.15) is 5.10 Å². The van der Waals surface area contributed by atoms with Crippen molar-refractivity contribution in [3.63, 3.8) is 0 Å². The highest BCUT2D eigenvalue weighted by atomic mass is 16.3. The molecule has 17 heavy (non-hydrogen) atoms. The van der Waals surface area contributed by atoms with Crippen LogP contribution in [0.2, 0.25) is 0 Å². The summed E-state index contributed by atoms with van der Waals surface area (Å²) in [5.74, 6) is -0.205. The lowest BCUT2D eigenvalue weighted by Gasteiger charge is -2.17. The van der Waals surface area contributed by atoms with Crippen molar-refractivity contribution in [2.45, 2.75) is 19.4 Å². The first kappa shape index (κ1) is 11.6. The molecule has 0 atom stereocenters. The van der Waals surface area contributed by atoms with Gasteiger partial charge in [0.15, 0.2) is 0 Å². The Hall–Kier alpha value is -1.88. The van der Waals surface area contributed by atoms with Crippen molar-refractivity contribution < 1.29 is 9.90 Å². The van der Waals surface area contributed by atoms with Crippen LogP contribution in [-0.4, -0.2) is 33.4 Å². The molecular weight excluding hydrogens is 218 g/mol. The first-order valence-corrected chi connectivity index (χ1v) is 5.39. The summed E-state index contributed by atoms with van der Waals surface area (Å²) in [4.78, 5) is 11.8. The SMILES string of the molecule is CC(C)(O)CNC(=O)c1ccc2cn[nH]c2c1. The molecular formula is C12H15N3O2. The molecule has 0 fully saturated rings. The number of aromatic amines is 1. The van der Waals surface area contributed by atoms with Crippen LogP contribution < -0.4 is 5.32 Å². The minimum Gasteiger partial charge on any atom is -0.389 e. The molecule has 1 aromatic heterocycles. The number of hydrogen-bond acceptors (Lipinski definition) is 3. The lowest BCUT2D eigenvalue weighted by atomic mass is 10.1. The Morgan fingerprint density at radius 2 is 2.29 bits per heavy atom. The summed E-state index contributed by atoms with van der Waals surface area (Å²) >= 11 is 0. The van der Waals surface area contributed by atoms with Crippen LogP contribution in [0.5, 0.6) is 0 Å². The number of fused-ring (bicyclic) bond motifs is 1. The van der Waals surface area contributed by atoms with E-state index in [1.54, 1.807) is 32.2 Å². The van der Waals surface area contributed by atoms with E-state index in [9.17, 15) is 9.90 Å². The average molecular weight is 233 g/mol. The smallest absolute Gasteiger partial charge is 0.251 e. The number of carbonyl (C=O) groups is 1. The molecule has 0 aliphatic rings. The summed E-state index contributed by atoms with van der Waals surface area (Å²) < 4.78 is 0. The topological polar surface area (TPSA) is 78.0 Å². The fraction of sp³-hybridized carbons (Fsp3) is 0.333. The Kier molecular flexibility index (Phi) is 2.85. The van der Waals surface area contributed by atoms with E-state index in [0.717, 1.165) is 10.9 Å². The number of carbonyl (C=O) groups excluding carboxylic acids is 1. The number of nitrogens with zero attached hydrogens (tertiary/aromatic N) is 1. The van der Waals surface area contributed by atoms with Crippen molar-refractivity contribution in [2.24, 2.45) is 0 Å². The van der Waals surface area contributed by atoms with Crippen molar-refractivity contribution in [1.82, 2.24) is 15.5 Å². The lowest BCUT2D eigenvalue weighted by Crippen LogP contribution is -2.38. The molecule has 1 aromatic carbocycles. The van der Waals surface area contributed by atoms with E-state index >= 15 is 0 Å². The Labute approximate surface area is 98.8 Å². The fourth-order valence-corrected chi connectivity index (χ4v) is 1.48. The van der Waals surface area contributed by atoms with Crippen LogP contribution in [0.25, 0.3) is 10.9 Å². The van der Waals surface area contributed by atoms with Crippen LogP contribution in [0.15, 0.2) is 24.4 Å². The zero-order valence-corrected chi connectivity index (χ0v) is 9.82. The van der Waals surface area contributed by atoms with Crippen molar-refractivity contribution in [1.29, 1.82) is 0 Å². The molecule has 2 aromatic rings. The van der Waals surface area contributed by atoms with Crippen LogP contribution in [0.1, 0.15) is 24.2 Å². The van der Waals surface area contributed by atoms with Crippen LogP contribution >= 0.6 is 0 Å². The normalized spacial score (nSPS) is 11.7. The van der Waals surface area contributed by atoms with Gasteiger partial charge in [0.2, 0.25) is 0 Å². The maximum atomic E-state index is 11.8. The fourth-order valence-electron chi connectivity index (χ4n) is 1.48. The summed E-state index contributed by atoms with van der Waals surface area (Å²) in [6, 6.07) is 5.30. The van der Waals surface area contributed by atoms with Gasteiger partial charge in [-0.1, -0.05) is 6.07 Å². The molecule has 5 nitrogen and oxygen atoms in total. The number of aromatic nitrogens is 2. The van der Waals surface area contributed by atoms with Gasteiger partial charge >= 0.3 is 0 Å². The molecule has 0 bridgehead atoms. The molecule has 0 spiro atoms. The van der Waals surface area contributed by atoms with Crippen molar-refractivity contribution in [2.75, 3.05) is 6.54 Å². The van der Waals surface area contributed by atoms with E-state index < -0.39 is 5.60 Å². The number of H-pyrrole nitrogens is 1. The zero-order chi connectivity index (χ0) is 12.5. The first-order chi connectivity index (χ1) is 7.96. The minimum absolute atomic E-state index is 0.205. The van der Waals surface area contributed by atoms with Gasteiger partial charge in [-0.3, -0.25) is 9.89 Å². The molecule has 0 unspecified atom stereocenters. The highest BCUT2D eigenvalue weighted by molar-refractivity contribution is 5.97. The second-order valence-electron chi connectivity index (χ2n) is 4.67. The van der Waals surface area contributed by atoms with E-state index in [2.05, 4.69) is 15.5 Å². The molecule has 0 aliphatic heterocycles. The second-order valence-corrected chi connectivity index (χ2v) is 4.67. The number of hydrogen-bond donors (Lipinski definition) is 3. The number of amides is 1. The van der Waals surface area contributed by atoms with Gasteiger partial charge in [0.1, 0.15) is 0 Å². The van der Waals surface area contributed by atoms with Gasteiger partial charge in [0.05, 0.1) is 17.3 Å². The Morgan fingerprint density at radius 1 is 1.53 bits per heavy atom. The third-order valence-electron chi connectivity index (χ3n) is 2.39. The maximum absolute atomic E-state index is 11.8. The molecule has 0 saturated carbocycles. The van der Waals surface area contributed by atoms with Crippen molar-refractivity contribution in [3.05, 3.63) is 30.0 Å². The largest absolute Gasteiger partial charge is 0.389 e. The predicted molar refractivity (Wildman–Crippen MR) is 64.7 cm³/mol. The van der Waals surface area contributed by atoms with E-state index in [1.807, 2.05) is 6.07 Å². The summed E-state index contributed by atoms with van der Waals surface area (Å²) in [6.45, 7) is 3.50. The number of aliphatic hydroxyl groups is 1. The van der Waals surface area contributed by atoms with Crippen LogP contribution in [0, 0.1) is 0 Å². The summed E-state index contributed by atoms with van der Waals surface area (Å²) in [7, 11) is 0. The van der Waals surface area contributed by atoms with Gasteiger partial charge in [0.25, 0.3) is 5.91 Å². The van der Waals surface area contributed by atoms with Gasteiger partial charge in [-0.15, -0.1) is 0 Å². The third-order valence-corrected chi connectivity index (χ3v) is 2.39. The van der Waals surface area contributed by atoms with Gasteiger partial charge in [0, 0.05) is 17.5 Å².